The molecule has 0 radical (unpaired) electrons. The van der Waals surface area contributed by atoms with Crippen LogP contribution in [0.4, 0.5) is 0 Å². The molecule has 0 rings (SSSR count). The zero-order valence-electron chi connectivity index (χ0n) is 16.0. The van der Waals surface area contributed by atoms with Crippen molar-refractivity contribution in [1.82, 2.24) is 0 Å². The van der Waals surface area contributed by atoms with Crippen molar-refractivity contribution in [3.63, 3.8) is 0 Å². The second-order valence-electron chi connectivity index (χ2n) is 7.12. The van der Waals surface area contributed by atoms with Gasteiger partial charge < -0.3 is 0 Å². The fourth-order valence-electron chi connectivity index (χ4n) is 3.18. The van der Waals surface area contributed by atoms with Crippen molar-refractivity contribution < 1.29 is 0 Å². The molecule has 0 heteroatoms. The van der Waals surface area contributed by atoms with Gasteiger partial charge in [0.25, 0.3) is 0 Å². The Bertz CT molecular complexity index is 216. The minimum Gasteiger partial charge on any atom is -0.0885 e. The van der Waals surface area contributed by atoms with Gasteiger partial charge in [-0.25, -0.2) is 0 Å². The van der Waals surface area contributed by atoms with Crippen LogP contribution in [0, 0.1) is 5.92 Å². The summed E-state index contributed by atoms with van der Waals surface area (Å²) in [6.07, 6.45) is 27.5. The molecule has 1 atom stereocenters. The van der Waals surface area contributed by atoms with E-state index in [1.54, 1.807) is 0 Å². The Morgan fingerprint density at radius 1 is 0.545 bits per heavy atom. The average Bonchev–Trinajstić information content (AvgIpc) is 2.54. The van der Waals surface area contributed by atoms with Crippen LogP contribution >= 0.6 is 0 Å². The van der Waals surface area contributed by atoms with Crippen molar-refractivity contribution in [2.75, 3.05) is 0 Å². The van der Waals surface area contributed by atoms with Crippen LogP contribution in [0.1, 0.15) is 124 Å². The van der Waals surface area contributed by atoms with Gasteiger partial charge in [-0.05, 0) is 25.2 Å². The van der Waals surface area contributed by atoms with E-state index in [-0.39, 0.29) is 0 Å². The first-order valence-electron chi connectivity index (χ1n) is 10.5. The maximum absolute atomic E-state index is 2.49. The highest BCUT2D eigenvalue weighted by atomic mass is 14.1. The summed E-state index contributed by atoms with van der Waals surface area (Å²) in [6, 6.07) is 0. The van der Waals surface area contributed by atoms with E-state index in [9.17, 15) is 0 Å². The highest BCUT2D eigenvalue weighted by Crippen LogP contribution is 2.21. The molecular weight excluding hydrogens is 264 g/mol. The van der Waals surface area contributed by atoms with E-state index in [0.717, 1.165) is 5.92 Å². The SMILES string of the molecule is CCCCCC/C=C/CC(CCCC)CCCCCCCC. The van der Waals surface area contributed by atoms with E-state index in [0.29, 0.717) is 0 Å². The summed E-state index contributed by atoms with van der Waals surface area (Å²) in [4.78, 5) is 0. The summed E-state index contributed by atoms with van der Waals surface area (Å²) >= 11 is 0. The van der Waals surface area contributed by atoms with E-state index < -0.39 is 0 Å². The second kappa shape index (κ2) is 18.8. The van der Waals surface area contributed by atoms with Crippen LogP contribution in [0.2, 0.25) is 0 Å². The maximum atomic E-state index is 2.49. The molecule has 0 aromatic carbocycles. The van der Waals surface area contributed by atoms with Gasteiger partial charge in [-0.1, -0.05) is 116 Å². The highest BCUT2D eigenvalue weighted by Gasteiger charge is 2.06. The summed E-state index contributed by atoms with van der Waals surface area (Å²) in [5.74, 6) is 0.956. The smallest absolute Gasteiger partial charge is 0.0322 e. The average molecular weight is 309 g/mol. The van der Waals surface area contributed by atoms with Gasteiger partial charge >= 0.3 is 0 Å². The number of rotatable bonds is 17. The van der Waals surface area contributed by atoms with Crippen LogP contribution in [-0.2, 0) is 0 Å². The predicted molar refractivity (Wildman–Crippen MR) is 104 cm³/mol. The molecule has 0 nitrogen and oxygen atoms in total. The molecule has 0 amide bonds. The predicted octanol–water partition coefficient (Wildman–Crippen LogP) is 8.46. The molecule has 0 aliphatic heterocycles. The Morgan fingerprint density at radius 2 is 1.09 bits per heavy atom. The molecule has 0 saturated heterocycles. The lowest BCUT2D eigenvalue weighted by Gasteiger charge is -2.14. The van der Waals surface area contributed by atoms with Crippen LogP contribution in [0.15, 0.2) is 12.2 Å². The molecule has 22 heavy (non-hydrogen) atoms. The monoisotopic (exact) mass is 308 g/mol. The lowest BCUT2D eigenvalue weighted by molar-refractivity contribution is 0.414. The van der Waals surface area contributed by atoms with E-state index >= 15 is 0 Å². The first kappa shape index (κ1) is 21.7. The molecule has 0 aliphatic carbocycles. The van der Waals surface area contributed by atoms with Crippen LogP contribution in [0.25, 0.3) is 0 Å². The fraction of sp³-hybridized carbons (Fsp3) is 0.909. The van der Waals surface area contributed by atoms with Gasteiger partial charge in [-0.15, -0.1) is 0 Å². The lowest BCUT2D eigenvalue weighted by atomic mass is 9.92. The summed E-state index contributed by atoms with van der Waals surface area (Å²) in [5, 5.41) is 0. The fourth-order valence-corrected chi connectivity index (χ4v) is 3.18. The number of unbranched alkanes of at least 4 members (excludes halogenated alkanes) is 10. The minimum atomic E-state index is 0.956. The third-order valence-electron chi connectivity index (χ3n) is 4.79. The first-order chi connectivity index (χ1) is 10.8. The van der Waals surface area contributed by atoms with Crippen molar-refractivity contribution in [3.05, 3.63) is 12.2 Å². The molecule has 0 heterocycles. The summed E-state index contributed by atoms with van der Waals surface area (Å²) in [5.41, 5.74) is 0. The summed E-state index contributed by atoms with van der Waals surface area (Å²) < 4.78 is 0. The molecule has 0 saturated carbocycles. The standard InChI is InChI=1S/C22H44/c1-4-7-10-12-14-16-18-21-22(19-9-6-3)20-17-15-13-11-8-5-2/h16,18,22H,4-15,17,19-21H2,1-3H3/b18-16+. The Labute approximate surface area is 142 Å². The third-order valence-corrected chi connectivity index (χ3v) is 4.79. The molecule has 0 aromatic heterocycles. The Hall–Kier alpha value is -0.260. The normalized spacial score (nSPS) is 13.0. The Morgan fingerprint density at radius 3 is 1.77 bits per heavy atom. The molecule has 0 aliphatic rings. The molecule has 0 aromatic rings. The molecule has 0 bridgehead atoms. The summed E-state index contributed by atoms with van der Waals surface area (Å²) in [6.45, 7) is 6.91. The van der Waals surface area contributed by atoms with Crippen molar-refractivity contribution in [2.24, 2.45) is 5.92 Å². The molecular formula is C22H44. The van der Waals surface area contributed by atoms with Crippen molar-refractivity contribution in [3.8, 4) is 0 Å². The quantitative estimate of drug-likeness (QED) is 0.187. The number of hydrogen-bond acceptors (Lipinski definition) is 0. The van der Waals surface area contributed by atoms with E-state index in [1.165, 1.54) is 103 Å². The molecule has 132 valence electrons. The third kappa shape index (κ3) is 16.1. The Balaban J connectivity index is 3.70. The topological polar surface area (TPSA) is 0 Å². The molecule has 1 unspecified atom stereocenters. The van der Waals surface area contributed by atoms with Crippen LogP contribution < -0.4 is 0 Å². The van der Waals surface area contributed by atoms with Crippen LogP contribution in [0.3, 0.4) is 0 Å². The van der Waals surface area contributed by atoms with Gasteiger partial charge in [0.15, 0.2) is 0 Å². The van der Waals surface area contributed by atoms with Gasteiger partial charge in [-0.2, -0.15) is 0 Å². The van der Waals surface area contributed by atoms with Gasteiger partial charge in [-0.3, -0.25) is 0 Å². The van der Waals surface area contributed by atoms with Gasteiger partial charge in [0.05, 0.1) is 0 Å². The minimum absolute atomic E-state index is 0.956. The van der Waals surface area contributed by atoms with Crippen LogP contribution in [-0.4, -0.2) is 0 Å². The zero-order valence-corrected chi connectivity index (χ0v) is 16.0. The van der Waals surface area contributed by atoms with Crippen LogP contribution in [0.5, 0.6) is 0 Å². The van der Waals surface area contributed by atoms with Gasteiger partial charge in [0.1, 0.15) is 0 Å². The maximum Gasteiger partial charge on any atom is -0.0322 e. The molecule has 0 fully saturated rings. The van der Waals surface area contributed by atoms with Crippen molar-refractivity contribution in [1.29, 1.82) is 0 Å². The van der Waals surface area contributed by atoms with Crippen molar-refractivity contribution >= 4 is 0 Å². The lowest BCUT2D eigenvalue weighted by Crippen LogP contribution is -1.99. The second-order valence-corrected chi connectivity index (χ2v) is 7.12. The van der Waals surface area contributed by atoms with Gasteiger partial charge in [0, 0.05) is 0 Å². The zero-order chi connectivity index (χ0) is 16.3. The van der Waals surface area contributed by atoms with E-state index in [2.05, 4.69) is 32.9 Å². The largest absolute Gasteiger partial charge is 0.0885 e. The molecule has 0 spiro atoms. The highest BCUT2D eigenvalue weighted by molar-refractivity contribution is 4.84. The van der Waals surface area contributed by atoms with Crippen molar-refractivity contribution in [2.45, 2.75) is 124 Å². The first-order valence-corrected chi connectivity index (χ1v) is 10.5. The number of allylic oxidation sites excluding steroid dienone is 2. The number of hydrogen-bond donors (Lipinski definition) is 0. The van der Waals surface area contributed by atoms with E-state index in [1.807, 2.05) is 0 Å². The van der Waals surface area contributed by atoms with Gasteiger partial charge in [0.2, 0.25) is 0 Å². The van der Waals surface area contributed by atoms with E-state index in [4.69, 9.17) is 0 Å². The molecule has 0 N–H and O–H groups in total. The Kier molecular flexibility index (Phi) is 18.6. The summed E-state index contributed by atoms with van der Waals surface area (Å²) in [7, 11) is 0.